The summed E-state index contributed by atoms with van der Waals surface area (Å²) < 4.78 is 0.916. The molecule has 1 heterocycles. The van der Waals surface area contributed by atoms with Crippen LogP contribution in [-0.4, -0.2) is 9.97 Å². The molecule has 116 valence electrons. The number of halogens is 2. The third-order valence-electron chi connectivity index (χ3n) is 5.13. The van der Waals surface area contributed by atoms with Gasteiger partial charge in [0.05, 0.1) is 10.2 Å². The fourth-order valence-electron chi connectivity index (χ4n) is 3.48. The van der Waals surface area contributed by atoms with Gasteiger partial charge in [0, 0.05) is 11.8 Å². The van der Waals surface area contributed by atoms with Gasteiger partial charge in [0.25, 0.3) is 0 Å². The van der Waals surface area contributed by atoms with E-state index < -0.39 is 0 Å². The molecule has 0 saturated heterocycles. The van der Waals surface area contributed by atoms with Gasteiger partial charge in [0.15, 0.2) is 0 Å². The summed E-state index contributed by atoms with van der Waals surface area (Å²) in [5.41, 5.74) is 1.56. The third kappa shape index (κ3) is 3.44. The monoisotopic (exact) mass is 370 g/mol. The van der Waals surface area contributed by atoms with Crippen LogP contribution in [0.15, 0.2) is 4.47 Å². The van der Waals surface area contributed by atoms with Gasteiger partial charge in [-0.05, 0) is 65.8 Å². The fourth-order valence-corrected chi connectivity index (χ4v) is 4.16. The minimum absolute atomic E-state index is 0.419. The fraction of sp³-hybridized carbons (Fsp3) is 0.765. The Bertz CT molecular complexity index is 526. The molecule has 2 nitrogen and oxygen atoms in total. The predicted molar refractivity (Wildman–Crippen MR) is 90.9 cm³/mol. The molecule has 0 N–H and O–H groups in total. The van der Waals surface area contributed by atoms with E-state index in [0.717, 1.165) is 21.9 Å². The molecule has 0 amide bonds. The van der Waals surface area contributed by atoms with E-state index >= 15 is 0 Å². The quantitative estimate of drug-likeness (QED) is 0.588. The van der Waals surface area contributed by atoms with Crippen LogP contribution < -0.4 is 0 Å². The summed E-state index contributed by atoms with van der Waals surface area (Å²) in [6.07, 6.45) is 7.44. The van der Waals surface area contributed by atoms with Gasteiger partial charge in [-0.2, -0.15) is 0 Å². The Morgan fingerprint density at radius 1 is 0.952 bits per heavy atom. The number of nitrogens with zero attached hydrogens (tertiary/aromatic N) is 2. The second kappa shape index (κ2) is 5.81. The molecule has 2 aliphatic rings. The normalized spacial score (nSPS) is 26.9. The van der Waals surface area contributed by atoms with E-state index in [1.54, 1.807) is 0 Å². The molecule has 2 aliphatic carbocycles. The molecule has 2 fully saturated rings. The highest BCUT2D eigenvalue weighted by molar-refractivity contribution is 9.10. The lowest BCUT2D eigenvalue weighted by molar-refractivity contribution is 0.167. The zero-order valence-electron chi connectivity index (χ0n) is 13.1. The van der Waals surface area contributed by atoms with E-state index in [1.165, 1.54) is 38.5 Å². The van der Waals surface area contributed by atoms with Gasteiger partial charge in [-0.15, -0.1) is 0 Å². The highest BCUT2D eigenvalue weighted by atomic mass is 79.9. The van der Waals surface area contributed by atoms with Gasteiger partial charge in [-0.1, -0.05) is 32.4 Å². The van der Waals surface area contributed by atoms with Crippen LogP contribution in [0.3, 0.4) is 0 Å². The molecule has 1 aromatic rings. The zero-order chi connectivity index (χ0) is 15.2. The first kappa shape index (κ1) is 15.7. The molecule has 2 saturated carbocycles. The Hall–Kier alpha value is -0.150. The van der Waals surface area contributed by atoms with Crippen LogP contribution in [0.1, 0.15) is 82.7 Å². The van der Waals surface area contributed by atoms with E-state index in [4.69, 9.17) is 16.6 Å². The second-order valence-electron chi connectivity index (χ2n) is 7.76. The molecule has 0 aliphatic heterocycles. The highest BCUT2D eigenvalue weighted by Gasteiger charge is 2.33. The molecule has 0 spiro atoms. The Kier molecular flexibility index (Phi) is 4.35. The van der Waals surface area contributed by atoms with Gasteiger partial charge in [0.2, 0.25) is 0 Å². The lowest BCUT2D eigenvalue weighted by Gasteiger charge is -2.36. The maximum atomic E-state index is 6.31. The van der Waals surface area contributed by atoms with E-state index in [1.807, 2.05) is 0 Å². The van der Waals surface area contributed by atoms with Crippen molar-refractivity contribution in [2.45, 2.75) is 71.1 Å². The van der Waals surface area contributed by atoms with Gasteiger partial charge in [-0.3, -0.25) is 0 Å². The average molecular weight is 372 g/mol. The van der Waals surface area contributed by atoms with Crippen molar-refractivity contribution in [1.29, 1.82) is 0 Å². The van der Waals surface area contributed by atoms with Crippen molar-refractivity contribution in [3.63, 3.8) is 0 Å². The van der Waals surface area contributed by atoms with Crippen LogP contribution >= 0.6 is 27.5 Å². The van der Waals surface area contributed by atoms with Crippen molar-refractivity contribution in [3.8, 4) is 0 Å². The van der Waals surface area contributed by atoms with Crippen molar-refractivity contribution in [2.24, 2.45) is 11.3 Å². The molecule has 21 heavy (non-hydrogen) atoms. The summed E-state index contributed by atoms with van der Waals surface area (Å²) in [7, 11) is 0. The van der Waals surface area contributed by atoms with Crippen molar-refractivity contribution in [2.75, 3.05) is 0 Å². The number of rotatable bonds is 2. The van der Waals surface area contributed by atoms with Gasteiger partial charge in [0.1, 0.15) is 11.0 Å². The number of hydrogen-bond donors (Lipinski definition) is 0. The minimum Gasteiger partial charge on any atom is -0.236 e. The first-order valence-electron chi connectivity index (χ1n) is 8.09. The summed E-state index contributed by atoms with van der Waals surface area (Å²) in [5.74, 6) is 2.90. The van der Waals surface area contributed by atoms with Gasteiger partial charge >= 0.3 is 0 Å². The van der Waals surface area contributed by atoms with Crippen LogP contribution in [0.4, 0.5) is 0 Å². The highest BCUT2D eigenvalue weighted by Crippen LogP contribution is 2.46. The molecule has 0 radical (unpaired) electrons. The average Bonchev–Trinajstić information content (AvgIpc) is 3.25. The predicted octanol–water partition coefficient (Wildman–Crippen LogP) is 6.09. The topological polar surface area (TPSA) is 25.8 Å². The van der Waals surface area contributed by atoms with Crippen LogP contribution in [-0.2, 0) is 0 Å². The second-order valence-corrected chi connectivity index (χ2v) is 8.91. The van der Waals surface area contributed by atoms with Crippen LogP contribution in [0.25, 0.3) is 0 Å². The molecular weight excluding hydrogens is 348 g/mol. The minimum atomic E-state index is 0.419. The summed E-state index contributed by atoms with van der Waals surface area (Å²) in [6.45, 7) is 7.07. The number of hydrogen-bond acceptors (Lipinski definition) is 2. The van der Waals surface area contributed by atoms with Crippen LogP contribution in [0, 0.1) is 11.3 Å². The first-order chi connectivity index (χ1) is 9.86. The molecule has 0 unspecified atom stereocenters. The molecule has 0 aromatic carbocycles. The molecular formula is C17H24BrClN2. The lowest BCUT2D eigenvalue weighted by atomic mass is 9.69. The van der Waals surface area contributed by atoms with Crippen molar-refractivity contribution < 1.29 is 0 Å². The standard InChI is InChI=1S/C17H24BrClN2/c1-17(2,3)12-8-6-11(7-9-12)16-20-14(10-4-5-10)13(18)15(19)21-16/h10-12H,4-9H2,1-3H3. The Morgan fingerprint density at radius 2 is 1.52 bits per heavy atom. The van der Waals surface area contributed by atoms with Crippen LogP contribution in [0.2, 0.25) is 5.15 Å². The summed E-state index contributed by atoms with van der Waals surface area (Å²) in [4.78, 5) is 9.43. The first-order valence-corrected chi connectivity index (χ1v) is 9.26. The zero-order valence-corrected chi connectivity index (χ0v) is 15.5. The SMILES string of the molecule is CC(C)(C)C1CCC(c2nc(Cl)c(Br)c(C3CC3)n2)CC1. The molecule has 4 heteroatoms. The van der Waals surface area contributed by atoms with Gasteiger partial charge < -0.3 is 0 Å². The molecule has 3 rings (SSSR count). The summed E-state index contributed by atoms with van der Waals surface area (Å²) in [5, 5.41) is 0.597. The smallest absolute Gasteiger partial charge is 0.147 e. The number of aromatic nitrogens is 2. The Labute approximate surface area is 141 Å². The maximum Gasteiger partial charge on any atom is 0.147 e. The Morgan fingerprint density at radius 3 is 2.05 bits per heavy atom. The maximum absolute atomic E-state index is 6.31. The van der Waals surface area contributed by atoms with E-state index in [0.29, 0.717) is 22.4 Å². The van der Waals surface area contributed by atoms with E-state index in [-0.39, 0.29) is 0 Å². The van der Waals surface area contributed by atoms with Crippen molar-refractivity contribution in [1.82, 2.24) is 9.97 Å². The van der Waals surface area contributed by atoms with E-state index in [9.17, 15) is 0 Å². The van der Waals surface area contributed by atoms with Crippen LogP contribution in [0.5, 0.6) is 0 Å². The Balaban J connectivity index is 1.76. The molecule has 0 bridgehead atoms. The largest absolute Gasteiger partial charge is 0.236 e. The summed E-state index contributed by atoms with van der Waals surface area (Å²) in [6, 6.07) is 0. The lowest BCUT2D eigenvalue weighted by Crippen LogP contribution is -2.26. The molecule has 1 aromatic heterocycles. The van der Waals surface area contributed by atoms with E-state index in [2.05, 4.69) is 41.7 Å². The van der Waals surface area contributed by atoms with Crippen molar-refractivity contribution >= 4 is 27.5 Å². The van der Waals surface area contributed by atoms with Gasteiger partial charge in [-0.25, -0.2) is 9.97 Å². The van der Waals surface area contributed by atoms with Crippen molar-refractivity contribution in [3.05, 3.63) is 21.1 Å². The molecule has 0 atom stereocenters. The third-order valence-corrected chi connectivity index (χ3v) is 6.42. The summed E-state index contributed by atoms with van der Waals surface area (Å²) >= 11 is 9.87.